The lowest BCUT2D eigenvalue weighted by atomic mass is 10.2. The van der Waals surface area contributed by atoms with E-state index in [1.807, 2.05) is 7.11 Å². The van der Waals surface area contributed by atoms with Gasteiger partial charge in [0.25, 0.3) is 0 Å². The monoisotopic (exact) mass is 230 g/mol. The number of hydrogen-bond donors (Lipinski definition) is 0. The van der Waals surface area contributed by atoms with E-state index >= 15 is 0 Å². The molecule has 0 aromatic carbocycles. The van der Waals surface area contributed by atoms with Gasteiger partial charge in [0.15, 0.2) is 0 Å². The van der Waals surface area contributed by atoms with Crippen LogP contribution in [0.5, 0.6) is 0 Å². The predicted octanol–water partition coefficient (Wildman–Crippen LogP) is 4.98. The molecule has 92 valence electrons. The maximum absolute atomic E-state index is 6.17. The topological polar surface area (TPSA) is 9.23 Å². The van der Waals surface area contributed by atoms with Crippen molar-refractivity contribution in [3.63, 3.8) is 0 Å². The Morgan fingerprint density at radius 1 is 0.600 bits per heavy atom. The fourth-order valence-electron chi connectivity index (χ4n) is 4.29. The summed E-state index contributed by atoms with van der Waals surface area (Å²) in [7, 11) is 0.0365. The zero-order chi connectivity index (χ0) is 12.7. The smallest absolute Gasteiger partial charge is 0.208 e. The lowest BCUT2D eigenvalue weighted by Gasteiger charge is -2.57. The molecule has 0 atom stereocenters. The lowest BCUT2D eigenvalue weighted by molar-refractivity contribution is 0.293. The van der Waals surface area contributed by atoms with Crippen molar-refractivity contribution in [1.82, 2.24) is 0 Å². The molecule has 0 aliphatic rings. The molecule has 0 rings (SSSR count). The van der Waals surface area contributed by atoms with Crippen LogP contribution >= 0.6 is 0 Å². The van der Waals surface area contributed by atoms with Crippen LogP contribution < -0.4 is 0 Å². The van der Waals surface area contributed by atoms with Gasteiger partial charge in [-0.2, -0.15) is 0 Å². The molecule has 0 aliphatic carbocycles. The Balaban J connectivity index is 5.78. The van der Waals surface area contributed by atoms with E-state index in [0.29, 0.717) is 0 Å². The zero-order valence-corrected chi connectivity index (χ0v) is 13.4. The molecular formula is C13H30OSi. The molecule has 0 aromatic heterocycles. The van der Waals surface area contributed by atoms with Crippen molar-refractivity contribution >= 4 is 8.32 Å². The highest BCUT2D eigenvalue weighted by molar-refractivity contribution is 6.82. The van der Waals surface area contributed by atoms with Crippen molar-refractivity contribution in [1.29, 1.82) is 0 Å². The van der Waals surface area contributed by atoms with Gasteiger partial charge in [0.05, 0.1) is 0 Å². The molecule has 0 saturated carbocycles. The van der Waals surface area contributed by atoms with E-state index < -0.39 is 8.32 Å². The number of hydrogen-bond acceptors (Lipinski definition) is 1. The summed E-state index contributed by atoms with van der Waals surface area (Å²) in [5.41, 5.74) is 0. The van der Waals surface area contributed by atoms with Gasteiger partial charge in [-0.05, 0) is 15.1 Å². The second-order valence-electron chi connectivity index (χ2n) is 7.64. The minimum Gasteiger partial charge on any atom is -0.418 e. The Labute approximate surface area is 97.7 Å². The van der Waals surface area contributed by atoms with Gasteiger partial charge < -0.3 is 4.43 Å². The van der Waals surface area contributed by atoms with Crippen molar-refractivity contribution in [3.05, 3.63) is 0 Å². The van der Waals surface area contributed by atoms with Gasteiger partial charge in [0, 0.05) is 7.11 Å². The van der Waals surface area contributed by atoms with Crippen LogP contribution in [0.25, 0.3) is 0 Å². The molecule has 0 N–H and O–H groups in total. The first kappa shape index (κ1) is 15.2. The van der Waals surface area contributed by atoms with Gasteiger partial charge >= 0.3 is 0 Å². The van der Waals surface area contributed by atoms with E-state index in [-0.39, 0.29) is 15.1 Å². The first-order valence-corrected chi connectivity index (χ1v) is 7.77. The Bertz CT molecular complexity index is 176. The molecule has 1 nitrogen and oxygen atoms in total. The van der Waals surface area contributed by atoms with Crippen LogP contribution in [-0.2, 0) is 4.43 Å². The summed E-state index contributed by atoms with van der Waals surface area (Å²) in [6, 6.07) is 0. The third-order valence-corrected chi connectivity index (χ3v) is 10.4. The van der Waals surface area contributed by atoms with Crippen molar-refractivity contribution < 1.29 is 4.43 Å². The first-order valence-electron chi connectivity index (χ1n) is 5.86. The number of rotatable bonds is 1. The Hall–Kier alpha value is 0.177. The summed E-state index contributed by atoms with van der Waals surface area (Å²) in [5, 5.41) is 0.745. The molecule has 15 heavy (non-hydrogen) atoms. The Morgan fingerprint density at radius 3 is 0.800 bits per heavy atom. The van der Waals surface area contributed by atoms with Crippen LogP contribution in [0.3, 0.4) is 0 Å². The summed E-state index contributed by atoms with van der Waals surface area (Å²) in [6.07, 6.45) is 0. The van der Waals surface area contributed by atoms with Crippen molar-refractivity contribution in [3.8, 4) is 0 Å². The molecule has 0 spiro atoms. The van der Waals surface area contributed by atoms with E-state index in [2.05, 4.69) is 62.3 Å². The third kappa shape index (κ3) is 2.31. The molecule has 0 amide bonds. The second-order valence-corrected chi connectivity index (χ2v) is 13.9. The summed E-state index contributed by atoms with van der Waals surface area (Å²) in [5.74, 6) is 0. The normalized spacial score (nSPS) is 15.6. The van der Waals surface area contributed by atoms with Gasteiger partial charge in [-0.3, -0.25) is 0 Å². The largest absolute Gasteiger partial charge is 0.418 e. The Morgan fingerprint density at radius 2 is 0.800 bits per heavy atom. The molecule has 0 bridgehead atoms. The molecule has 0 heterocycles. The molecule has 0 radical (unpaired) electrons. The standard InChI is InChI=1S/C13H30OSi/c1-11(2,3)15(14-10,12(4,5)6)13(7,8)9/h1-10H3. The van der Waals surface area contributed by atoms with Gasteiger partial charge in [0.1, 0.15) is 0 Å². The highest BCUT2D eigenvalue weighted by Gasteiger charge is 2.61. The van der Waals surface area contributed by atoms with Crippen molar-refractivity contribution in [2.75, 3.05) is 7.11 Å². The fourth-order valence-corrected chi connectivity index (χ4v) is 12.9. The van der Waals surface area contributed by atoms with Crippen LogP contribution in [0.4, 0.5) is 0 Å². The second kappa shape index (κ2) is 3.88. The van der Waals surface area contributed by atoms with Gasteiger partial charge in [-0.25, -0.2) is 0 Å². The molecule has 0 aromatic rings. The highest BCUT2D eigenvalue weighted by Crippen LogP contribution is 2.61. The van der Waals surface area contributed by atoms with Crippen LogP contribution in [0.15, 0.2) is 0 Å². The molecular weight excluding hydrogens is 200 g/mol. The quantitative estimate of drug-likeness (QED) is 0.577. The molecule has 0 aliphatic heterocycles. The molecule has 0 fully saturated rings. The average Bonchev–Trinajstić information content (AvgIpc) is 1.76. The van der Waals surface area contributed by atoms with Crippen LogP contribution in [0, 0.1) is 0 Å². The van der Waals surface area contributed by atoms with Crippen molar-refractivity contribution in [2.24, 2.45) is 0 Å². The minimum absolute atomic E-state index is 0.248. The van der Waals surface area contributed by atoms with E-state index in [9.17, 15) is 0 Å². The molecule has 0 unspecified atom stereocenters. The van der Waals surface area contributed by atoms with E-state index in [4.69, 9.17) is 4.43 Å². The zero-order valence-electron chi connectivity index (χ0n) is 12.4. The van der Waals surface area contributed by atoms with Gasteiger partial charge in [-0.1, -0.05) is 62.3 Å². The average molecular weight is 230 g/mol. The summed E-state index contributed by atoms with van der Waals surface area (Å²) in [6.45, 7) is 21.0. The predicted molar refractivity (Wildman–Crippen MR) is 71.9 cm³/mol. The van der Waals surface area contributed by atoms with Crippen molar-refractivity contribution in [2.45, 2.75) is 77.4 Å². The van der Waals surface area contributed by atoms with E-state index in [0.717, 1.165) is 0 Å². The van der Waals surface area contributed by atoms with Gasteiger partial charge in [0.2, 0.25) is 8.32 Å². The van der Waals surface area contributed by atoms with E-state index in [1.165, 1.54) is 0 Å². The SMILES string of the molecule is CO[Si](C(C)(C)C)(C(C)(C)C)C(C)(C)C. The summed E-state index contributed by atoms with van der Waals surface area (Å²) < 4.78 is 6.17. The van der Waals surface area contributed by atoms with Crippen LogP contribution in [0.1, 0.15) is 62.3 Å². The summed E-state index contributed by atoms with van der Waals surface area (Å²) in [4.78, 5) is 0. The highest BCUT2D eigenvalue weighted by atomic mass is 28.4. The maximum Gasteiger partial charge on any atom is 0.208 e. The van der Waals surface area contributed by atoms with Gasteiger partial charge in [-0.15, -0.1) is 0 Å². The minimum atomic E-state index is -1.87. The fraction of sp³-hybridized carbons (Fsp3) is 1.00. The lowest BCUT2D eigenvalue weighted by Crippen LogP contribution is -2.60. The maximum atomic E-state index is 6.17. The summed E-state index contributed by atoms with van der Waals surface area (Å²) >= 11 is 0. The van der Waals surface area contributed by atoms with Crippen LogP contribution in [-0.4, -0.2) is 15.4 Å². The molecule has 2 heteroatoms. The first-order chi connectivity index (χ1) is 6.31. The molecule has 0 saturated heterocycles. The van der Waals surface area contributed by atoms with E-state index in [1.54, 1.807) is 0 Å². The third-order valence-electron chi connectivity index (χ3n) is 3.47. The van der Waals surface area contributed by atoms with Crippen LogP contribution in [0.2, 0.25) is 15.1 Å². The Kier molecular flexibility index (Phi) is 3.93.